The number of carbonyl (C=O) groups excluding carboxylic acids is 2. The molecule has 0 spiro atoms. The third-order valence-electron chi connectivity index (χ3n) is 4.62. The van der Waals surface area contributed by atoms with Crippen LogP contribution < -0.4 is 9.62 Å². The zero-order valence-electron chi connectivity index (χ0n) is 18.4. The molecule has 2 rings (SSSR count). The summed E-state index contributed by atoms with van der Waals surface area (Å²) < 4.78 is 27.6. The summed E-state index contributed by atoms with van der Waals surface area (Å²) in [4.78, 5) is 27.5. The van der Waals surface area contributed by atoms with Crippen LogP contribution in [0.3, 0.4) is 0 Å². The van der Waals surface area contributed by atoms with E-state index in [1.807, 2.05) is 38.1 Å². The molecular formula is C22H27Br2N3O4S. The monoisotopic (exact) mass is 587 g/mol. The number of hydrogen-bond donors (Lipinski definition) is 1. The van der Waals surface area contributed by atoms with Crippen molar-refractivity contribution in [2.45, 2.75) is 39.4 Å². The molecule has 32 heavy (non-hydrogen) atoms. The molecule has 174 valence electrons. The first-order chi connectivity index (χ1) is 14.9. The van der Waals surface area contributed by atoms with Crippen LogP contribution in [0.2, 0.25) is 0 Å². The lowest BCUT2D eigenvalue weighted by atomic mass is 10.1. The maximum absolute atomic E-state index is 13.4. The molecule has 0 saturated carbocycles. The predicted molar refractivity (Wildman–Crippen MR) is 134 cm³/mol. The molecule has 0 fully saturated rings. The molecule has 2 aromatic rings. The van der Waals surface area contributed by atoms with Gasteiger partial charge in [0.25, 0.3) is 0 Å². The van der Waals surface area contributed by atoms with E-state index in [4.69, 9.17) is 0 Å². The lowest BCUT2D eigenvalue weighted by Crippen LogP contribution is -2.52. The Hall–Kier alpha value is -1.91. The maximum atomic E-state index is 13.4. The summed E-state index contributed by atoms with van der Waals surface area (Å²) in [5.74, 6) is -0.793. The summed E-state index contributed by atoms with van der Waals surface area (Å²) in [6.07, 6.45) is 1.05. The largest absolute Gasteiger partial charge is 0.352 e. The molecular weight excluding hydrogens is 562 g/mol. The Morgan fingerprint density at radius 2 is 1.59 bits per heavy atom. The van der Waals surface area contributed by atoms with Crippen molar-refractivity contribution in [2.75, 3.05) is 17.1 Å². The second-order valence-corrected chi connectivity index (χ2v) is 11.5. The zero-order valence-corrected chi connectivity index (χ0v) is 22.4. The fourth-order valence-electron chi connectivity index (χ4n) is 3.06. The molecule has 0 unspecified atom stereocenters. The number of hydrogen-bond acceptors (Lipinski definition) is 4. The van der Waals surface area contributed by atoms with Gasteiger partial charge in [-0.05, 0) is 56.7 Å². The van der Waals surface area contributed by atoms with Gasteiger partial charge in [-0.3, -0.25) is 13.9 Å². The van der Waals surface area contributed by atoms with Crippen molar-refractivity contribution in [3.63, 3.8) is 0 Å². The first-order valence-corrected chi connectivity index (χ1v) is 13.4. The Balaban J connectivity index is 2.39. The minimum Gasteiger partial charge on any atom is -0.352 e. The molecule has 1 N–H and O–H groups in total. The summed E-state index contributed by atoms with van der Waals surface area (Å²) in [6.45, 7) is 5.04. The van der Waals surface area contributed by atoms with Crippen LogP contribution in [0.1, 0.15) is 26.3 Å². The highest BCUT2D eigenvalue weighted by Crippen LogP contribution is 2.23. The number of amides is 2. The zero-order chi connectivity index (χ0) is 24.1. The van der Waals surface area contributed by atoms with Crippen molar-refractivity contribution in [1.29, 1.82) is 0 Å². The third kappa shape index (κ3) is 7.60. The number of carbonyl (C=O) groups is 2. The average Bonchev–Trinajstić information content (AvgIpc) is 2.68. The van der Waals surface area contributed by atoms with Crippen molar-refractivity contribution in [3.8, 4) is 0 Å². The SMILES string of the molecule is CC(C)NC(=O)[C@H](C)N(Cc1cccc(Br)c1)C(=O)CN(c1cccc(Br)c1)S(C)(=O)=O. The Morgan fingerprint density at radius 1 is 1.00 bits per heavy atom. The van der Waals surface area contributed by atoms with Gasteiger partial charge in [-0.25, -0.2) is 8.42 Å². The Kier molecular flexibility index (Phi) is 9.29. The average molecular weight is 589 g/mol. The Bertz CT molecular complexity index is 1080. The van der Waals surface area contributed by atoms with E-state index >= 15 is 0 Å². The van der Waals surface area contributed by atoms with E-state index in [0.29, 0.717) is 10.2 Å². The first kappa shape index (κ1) is 26.3. The van der Waals surface area contributed by atoms with E-state index in [1.54, 1.807) is 31.2 Å². The van der Waals surface area contributed by atoms with E-state index in [-0.39, 0.29) is 18.5 Å². The lowest BCUT2D eigenvalue weighted by Gasteiger charge is -2.32. The molecule has 0 bridgehead atoms. The number of halogens is 2. The van der Waals surface area contributed by atoms with Gasteiger partial charge in [0.1, 0.15) is 12.6 Å². The minimum atomic E-state index is -3.75. The molecule has 1 atom stereocenters. The van der Waals surface area contributed by atoms with Crippen LogP contribution in [0, 0.1) is 0 Å². The van der Waals surface area contributed by atoms with Gasteiger partial charge in [0.15, 0.2) is 0 Å². The minimum absolute atomic E-state index is 0.0954. The molecule has 7 nitrogen and oxygen atoms in total. The van der Waals surface area contributed by atoms with E-state index in [0.717, 1.165) is 20.6 Å². The molecule has 2 aromatic carbocycles. The Labute approximate surface area is 206 Å². The predicted octanol–water partition coefficient (Wildman–Crippen LogP) is 3.92. The fourth-order valence-corrected chi connectivity index (χ4v) is 4.74. The molecule has 0 aliphatic carbocycles. The van der Waals surface area contributed by atoms with Crippen LogP contribution in [0.25, 0.3) is 0 Å². The molecule has 0 aliphatic rings. The van der Waals surface area contributed by atoms with Gasteiger partial charge in [0.05, 0.1) is 11.9 Å². The number of nitrogens with one attached hydrogen (secondary N) is 1. The van der Waals surface area contributed by atoms with Crippen LogP contribution >= 0.6 is 31.9 Å². The topological polar surface area (TPSA) is 86.8 Å². The molecule has 10 heteroatoms. The number of anilines is 1. The lowest BCUT2D eigenvalue weighted by molar-refractivity contribution is -0.139. The van der Waals surface area contributed by atoms with Crippen molar-refractivity contribution in [2.24, 2.45) is 0 Å². The highest BCUT2D eigenvalue weighted by atomic mass is 79.9. The molecule has 0 aromatic heterocycles. The molecule has 2 amide bonds. The number of rotatable bonds is 9. The fraction of sp³-hybridized carbons (Fsp3) is 0.364. The smallest absolute Gasteiger partial charge is 0.244 e. The molecule has 0 saturated heterocycles. The Morgan fingerprint density at radius 3 is 2.12 bits per heavy atom. The van der Waals surface area contributed by atoms with Gasteiger partial charge in [-0.1, -0.05) is 50.1 Å². The van der Waals surface area contributed by atoms with Crippen LogP contribution in [-0.4, -0.2) is 50.0 Å². The van der Waals surface area contributed by atoms with Gasteiger partial charge in [0.2, 0.25) is 21.8 Å². The van der Waals surface area contributed by atoms with Crippen LogP contribution in [0.5, 0.6) is 0 Å². The summed E-state index contributed by atoms with van der Waals surface area (Å²) >= 11 is 6.75. The van der Waals surface area contributed by atoms with Crippen LogP contribution in [-0.2, 0) is 26.2 Å². The second kappa shape index (κ2) is 11.3. The highest BCUT2D eigenvalue weighted by Gasteiger charge is 2.30. The molecule has 0 radical (unpaired) electrons. The third-order valence-corrected chi connectivity index (χ3v) is 6.74. The standard InChI is InChI=1S/C22H27Br2N3O4S/c1-15(2)25-22(29)16(3)26(13-17-7-5-8-18(23)11-17)21(28)14-27(32(4,30)31)20-10-6-9-19(24)12-20/h5-12,15-16H,13-14H2,1-4H3,(H,25,29)/t16-/m0/s1. The van der Waals surface area contributed by atoms with E-state index in [1.165, 1.54) is 4.90 Å². The van der Waals surface area contributed by atoms with Crippen molar-refractivity contribution in [3.05, 3.63) is 63.0 Å². The molecule has 0 aliphatic heterocycles. The van der Waals surface area contributed by atoms with Gasteiger partial charge < -0.3 is 10.2 Å². The first-order valence-electron chi connectivity index (χ1n) is 9.96. The summed E-state index contributed by atoms with van der Waals surface area (Å²) in [5.41, 5.74) is 1.17. The van der Waals surface area contributed by atoms with Gasteiger partial charge >= 0.3 is 0 Å². The number of sulfonamides is 1. The van der Waals surface area contributed by atoms with Crippen molar-refractivity contribution >= 4 is 59.4 Å². The van der Waals surface area contributed by atoms with Crippen molar-refractivity contribution < 1.29 is 18.0 Å². The second-order valence-electron chi connectivity index (χ2n) is 7.74. The van der Waals surface area contributed by atoms with Crippen LogP contribution in [0.15, 0.2) is 57.5 Å². The molecule has 0 heterocycles. The van der Waals surface area contributed by atoms with Crippen molar-refractivity contribution in [1.82, 2.24) is 10.2 Å². The summed E-state index contributed by atoms with van der Waals surface area (Å²) in [6, 6.07) is 13.2. The maximum Gasteiger partial charge on any atom is 0.244 e. The van der Waals surface area contributed by atoms with Gasteiger partial charge in [-0.15, -0.1) is 0 Å². The highest BCUT2D eigenvalue weighted by molar-refractivity contribution is 9.10. The number of nitrogens with zero attached hydrogens (tertiary/aromatic N) is 2. The van der Waals surface area contributed by atoms with Gasteiger partial charge in [-0.2, -0.15) is 0 Å². The number of benzene rings is 2. The summed E-state index contributed by atoms with van der Waals surface area (Å²) in [5, 5.41) is 2.82. The quantitative estimate of drug-likeness (QED) is 0.481. The van der Waals surface area contributed by atoms with E-state index in [2.05, 4.69) is 37.2 Å². The van der Waals surface area contributed by atoms with Crippen LogP contribution in [0.4, 0.5) is 5.69 Å². The van der Waals surface area contributed by atoms with Gasteiger partial charge in [0, 0.05) is 21.5 Å². The summed E-state index contributed by atoms with van der Waals surface area (Å²) in [7, 11) is -3.75. The van der Waals surface area contributed by atoms with E-state index < -0.39 is 28.5 Å². The van der Waals surface area contributed by atoms with E-state index in [9.17, 15) is 18.0 Å². The normalized spacial score (nSPS) is 12.3.